The van der Waals surface area contributed by atoms with E-state index >= 15 is 0 Å². The smallest absolute Gasteiger partial charge is 0.137 e. The van der Waals surface area contributed by atoms with Gasteiger partial charge in [0.15, 0.2) is 0 Å². The first-order chi connectivity index (χ1) is 13.6. The lowest BCUT2D eigenvalue weighted by atomic mass is 9.72. The van der Waals surface area contributed by atoms with Gasteiger partial charge in [-0.25, -0.2) is 0 Å². The van der Waals surface area contributed by atoms with E-state index in [9.17, 15) is 0 Å². The third-order valence-electron chi connectivity index (χ3n) is 6.14. The fraction of sp³-hybridized carbons (Fsp3) is 0.556. The second-order valence-electron chi connectivity index (χ2n) is 10.3. The Kier molecular flexibility index (Phi) is 9.91. The Hall–Kier alpha value is -1.51. The molecule has 0 radical (unpaired) electrons. The van der Waals surface area contributed by atoms with Gasteiger partial charge < -0.3 is 21.6 Å². The normalized spacial score (nSPS) is 12.4. The highest BCUT2D eigenvalue weighted by Crippen LogP contribution is 2.36. The Balaban J connectivity index is 0.00000450. The fourth-order valence-corrected chi connectivity index (χ4v) is 4.60. The molecule has 0 heterocycles. The average molecular weight is 432 g/mol. The maximum Gasteiger partial charge on any atom is 0.137 e. The van der Waals surface area contributed by atoms with Gasteiger partial charge in [-0.15, -0.1) is 0 Å². The van der Waals surface area contributed by atoms with Crippen molar-refractivity contribution in [1.82, 2.24) is 0 Å². The lowest BCUT2D eigenvalue weighted by Gasteiger charge is -2.37. The van der Waals surface area contributed by atoms with Crippen LogP contribution in [0.1, 0.15) is 66.0 Å². The zero-order valence-electron chi connectivity index (χ0n) is 20.2. The minimum Gasteiger partial charge on any atom is -1.00 e. The zero-order valence-corrected chi connectivity index (χ0v) is 20.9. The number of quaternary nitrogens is 1. The predicted molar refractivity (Wildman–Crippen MR) is 125 cm³/mol. The first-order valence-corrected chi connectivity index (χ1v) is 11.2. The standard InChI is InChI=1S/C27H42NO.ClH/c1-8-28(9-2,21-23-13-11-10-12-14-23)19-20-29-25-17-15-24(16-18-25)27(6,7)22-26(3,4)5;/h10-18H,8-9,19-22H2,1-7H3;1H/q+1;/p-1. The molecule has 0 aliphatic carbocycles. The SMILES string of the molecule is CC[N+](CC)(CCOc1ccc(C(C)(C)CC(C)(C)C)cc1)Cc1ccccc1.[Cl-]. The summed E-state index contributed by atoms with van der Waals surface area (Å²) >= 11 is 0. The summed E-state index contributed by atoms with van der Waals surface area (Å²) in [5.41, 5.74) is 3.28. The molecule has 0 fully saturated rings. The highest BCUT2D eigenvalue weighted by Gasteiger charge is 2.27. The van der Waals surface area contributed by atoms with Crippen LogP contribution in [0.5, 0.6) is 5.75 Å². The number of nitrogens with zero attached hydrogens (tertiary/aromatic N) is 1. The summed E-state index contributed by atoms with van der Waals surface area (Å²) in [4.78, 5) is 0. The van der Waals surface area contributed by atoms with Crippen LogP contribution in [0.3, 0.4) is 0 Å². The van der Waals surface area contributed by atoms with Crippen molar-refractivity contribution in [1.29, 1.82) is 0 Å². The summed E-state index contributed by atoms with van der Waals surface area (Å²) in [6.07, 6.45) is 1.16. The van der Waals surface area contributed by atoms with Gasteiger partial charge >= 0.3 is 0 Å². The van der Waals surface area contributed by atoms with E-state index in [1.165, 1.54) is 11.1 Å². The van der Waals surface area contributed by atoms with Crippen LogP contribution in [0.25, 0.3) is 0 Å². The van der Waals surface area contributed by atoms with Gasteiger partial charge in [-0.1, -0.05) is 77.1 Å². The number of rotatable bonds is 10. The highest BCUT2D eigenvalue weighted by atomic mass is 35.5. The number of hydrogen-bond acceptors (Lipinski definition) is 1. The summed E-state index contributed by atoms with van der Waals surface area (Å²) < 4.78 is 7.21. The molecular formula is C27H42ClNO. The molecule has 168 valence electrons. The summed E-state index contributed by atoms with van der Waals surface area (Å²) in [7, 11) is 0. The van der Waals surface area contributed by atoms with Crippen LogP contribution >= 0.6 is 0 Å². The van der Waals surface area contributed by atoms with E-state index < -0.39 is 0 Å². The molecule has 2 aromatic rings. The van der Waals surface area contributed by atoms with Gasteiger partial charge in [0.2, 0.25) is 0 Å². The van der Waals surface area contributed by atoms with E-state index in [4.69, 9.17) is 4.74 Å². The summed E-state index contributed by atoms with van der Waals surface area (Å²) in [5.74, 6) is 0.977. The Morgan fingerprint density at radius 2 is 1.37 bits per heavy atom. The van der Waals surface area contributed by atoms with E-state index in [0.717, 1.165) is 49.4 Å². The summed E-state index contributed by atoms with van der Waals surface area (Å²) in [6, 6.07) is 19.6. The molecule has 0 atom stereocenters. The Labute approximate surface area is 191 Å². The van der Waals surface area contributed by atoms with Crippen LogP contribution in [0.2, 0.25) is 0 Å². The van der Waals surface area contributed by atoms with Gasteiger partial charge in [0.1, 0.15) is 25.4 Å². The van der Waals surface area contributed by atoms with Gasteiger partial charge in [-0.2, -0.15) is 0 Å². The lowest BCUT2D eigenvalue weighted by Crippen LogP contribution is -3.00. The van der Waals surface area contributed by atoms with Gasteiger partial charge in [0, 0.05) is 5.56 Å². The van der Waals surface area contributed by atoms with Crippen LogP contribution in [-0.2, 0) is 12.0 Å². The Morgan fingerprint density at radius 1 is 0.800 bits per heavy atom. The van der Waals surface area contributed by atoms with Gasteiger partial charge in [0.05, 0.1) is 13.1 Å². The largest absolute Gasteiger partial charge is 1.00 e. The van der Waals surface area contributed by atoms with Crippen LogP contribution in [0.15, 0.2) is 54.6 Å². The maximum atomic E-state index is 6.16. The Bertz CT molecular complexity index is 728. The lowest BCUT2D eigenvalue weighted by molar-refractivity contribution is -0.937. The average Bonchev–Trinajstić information content (AvgIpc) is 2.66. The Morgan fingerprint density at radius 3 is 1.87 bits per heavy atom. The van der Waals surface area contributed by atoms with Gasteiger partial charge in [-0.05, 0) is 48.8 Å². The molecule has 0 saturated carbocycles. The maximum absolute atomic E-state index is 6.16. The molecular weight excluding hydrogens is 390 g/mol. The van der Waals surface area contributed by atoms with Crippen molar-refractivity contribution < 1.29 is 21.6 Å². The number of halogens is 1. The van der Waals surface area contributed by atoms with Crippen LogP contribution in [0.4, 0.5) is 0 Å². The third-order valence-corrected chi connectivity index (χ3v) is 6.14. The molecule has 30 heavy (non-hydrogen) atoms. The van der Waals surface area contributed by atoms with Crippen molar-refractivity contribution in [2.75, 3.05) is 26.2 Å². The van der Waals surface area contributed by atoms with Gasteiger partial charge in [0.25, 0.3) is 0 Å². The molecule has 2 aromatic carbocycles. The van der Waals surface area contributed by atoms with Crippen LogP contribution in [-0.4, -0.2) is 30.7 Å². The van der Waals surface area contributed by atoms with Crippen molar-refractivity contribution >= 4 is 0 Å². The molecule has 0 saturated heterocycles. The molecule has 2 rings (SSSR count). The third kappa shape index (κ3) is 7.96. The predicted octanol–water partition coefficient (Wildman–Crippen LogP) is 3.84. The van der Waals surface area contributed by atoms with Gasteiger partial charge in [-0.3, -0.25) is 0 Å². The minimum atomic E-state index is 0. The number of benzene rings is 2. The second-order valence-corrected chi connectivity index (χ2v) is 10.3. The number of hydrogen-bond donors (Lipinski definition) is 0. The van der Waals surface area contributed by atoms with Crippen molar-refractivity contribution in [3.05, 3.63) is 65.7 Å². The van der Waals surface area contributed by atoms with Crippen molar-refractivity contribution in [2.24, 2.45) is 5.41 Å². The summed E-state index contributed by atoms with van der Waals surface area (Å²) in [6.45, 7) is 21.3. The van der Waals surface area contributed by atoms with Crippen molar-refractivity contribution in [2.45, 2.75) is 66.8 Å². The van der Waals surface area contributed by atoms with Crippen LogP contribution < -0.4 is 17.1 Å². The monoisotopic (exact) mass is 431 g/mol. The van der Waals surface area contributed by atoms with Crippen molar-refractivity contribution in [3.63, 3.8) is 0 Å². The van der Waals surface area contributed by atoms with E-state index in [1.54, 1.807) is 0 Å². The van der Waals surface area contributed by atoms with Crippen LogP contribution in [0, 0.1) is 5.41 Å². The molecule has 2 nitrogen and oxygen atoms in total. The molecule has 0 bridgehead atoms. The molecule has 3 heteroatoms. The minimum absolute atomic E-state index is 0. The fourth-order valence-electron chi connectivity index (χ4n) is 4.60. The first kappa shape index (κ1) is 26.5. The molecule has 0 amide bonds. The van der Waals surface area contributed by atoms with Crippen molar-refractivity contribution in [3.8, 4) is 5.75 Å². The van der Waals surface area contributed by atoms with E-state index in [0.29, 0.717) is 5.41 Å². The highest BCUT2D eigenvalue weighted by molar-refractivity contribution is 5.31. The molecule has 0 spiro atoms. The quantitative estimate of drug-likeness (QED) is 0.519. The molecule has 0 aromatic heterocycles. The molecule has 0 aliphatic rings. The van der Waals surface area contributed by atoms with E-state index in [2.05, 4.69) is 103 Å². The zero-order chi connectivity index (χ0) is 21.5. The molecule has 0 aliphatic heterocycles. The molecule has 0 unspecified atom stereocenters. The number of likely N-dealkylation sites (N-methyl/N-ethyl adjacent to an activating group) is 1. The topological polar surface area (TPSA) is 9.23 Å². The molecule has 0 N–H and O–H groups in total. The van der Waals surface area contributed by atoms with E-state index in [1.807, 2.05) is 0 Å². The van der Waals surface area contributed by atoms with E-state index in [-0.39, 0.29) is 17.8 Å². The second kappa shape index (κ2) is 11.2. The summed E-state index contributed by atoms with van der Waals surface area (Å²) in [5, 5.41) is 0. The number of ether oxygens (including phenoxy) is 1. The first-order valence-electron chi connectivity index (χ1n) is 11.2.